The van der Waals surface area contributed by atoms with E-state index in [1.807, 2.05) is 0 Å². The summed E-state index contributed by atoms with van der Waals surface area (Å²) in [6, 6.07) is 3.89. The molecule has 2 atom stereocenters. The predicted octanol–water partition coefficient (Wildman–Crippen LogP) is 1.20. The van der Waals surface area contributed by atoms with Crippen LogP contribution >= 0.6 is 12.4 Å². The number of pyridine rings is 1. The third kappa shape index (κ3) is 2.93. The summed E-state index contributed by atoms with van der Waals surface area (Å²) in [7, 11) is 0. The number of aliphatic hydroxyl groups excluding tert-OH is 1. The highest BCUT2D eigenvalue weighted by Gasteiger charge is 2.26. The maximum atomic E-state index is 10.3. The van der Waals surface area contributed by atoms with Gasteiger partial charge in [-0.1, -0.05) is 6.07 Å². The largest absolute Gasteiger partial charge is 0.380 e. The van der Waals surface area contributed by atoms with Crippen LogP contribution in [0.3, 0.4) is 0 Å². The van der Waals surface area contributed by atoms with E-state index < -0.39 is 17.1 Å². The first-order valence-electron chi connectivity index (χ1n) is 3.85. The van der Waals surface area contributed by atoms with E-state index in [0.717, 1.165) is 0 Å². The van der Waals surface area contributed by atoms with Crippen LogP contribution in [0.1, 0.15) is 18.7 Å². The molecule has 0 radical (unpaired) electrons. The summed E-state index contributed by atoms with van der Waals surface area (Å²) in [5.74, 6) is 0. The van der Waals surface area contributed by atoms with E-state index in [9.17, 15) is 15.2 Å². The van der Waals surface area contributed by atoms with Crippen molar-refractivity contribution in [1.82, 2.24) is 4.98 Å². The number of hydrogen-bond acceptors (Lipinski definition) is 4. The molecule has 1 rings (SSSR count). The van der Waals surface area contributed by atoms with E-state index in [-0.39, 0.29) is 12.4 Å². The summed E-state index contributed by atoms with van der Waals surface area (Å²) < 4.78 is 0. The fourth-order valence-corrected chi connectivity index (χ4v) is 0.913. The molecule has 0 saturated heterocycles. The highest BCUT2D eigenvalue weighted by atomic mass is 35.5. The van der Waals surface area contributed by atoms with Gasteiger partial charge in [0, 0.05) is 18.0 Å². The molecule has 78 valence electrons. The molecule has 6 heteroatoms. The van der Waals surface area contributed by atoms with Crippen molar-refractivity contribution in [2.45, 2.75) is 19.1 Å². The highest BCUT2D eigenvalue weighted by molar-refractivity contribution is 5.85. The lowest BCUT2D eigenvalue weighted by Gasteiger charge is -2.10. The Kier molecular flexibility index (Phi) is 5.04. The van der Waals surface area contributed by atoms with Gasteiger partial charge in [-0.05, 0) is 12.1 Å². The number of rotatable bonds is 3. The second kappa shape index (κ2) is 5.51. The molecule has 0 aliphatic rings. The molecule has 1 aromatic heterocycles. The molecule has 0 amide bonds. The smallest absolute Gasteiger partial charge is 0.241 e. The van der Waals surface area contributed by atoms with Crippen molar-refractivity contribution in [2.75, 3.05) is 0 Å². The van der Waals surface area contributed by atoms with E-state index in [0.29, 0.717) is 5.69 Å². The van der Waals surface area contributed by atoms with Crippen molar-refractivity contribution in [3.63, 3.8) is 0 Å². The Bertz CT molecular complexity index is 294. The van der Waals surface area contributed by atoms with Gasteiger partial charge in [-0.15, -0.1) is 12.4 Å². The van der Waals surface area contributed by atoms with Crippen LogP contribution < -0.4 is 0 Å². The van der Waals surface area contributed by atoms with Gasteiger partial charge in [-0.2, -0.15) is 0 Å². The molecule has 1 aromatic rings. The van der Waals surface area contributed by atoms with Crippen LogP contribution in [0.4, 0.5) is 0 Å². The van der Waals surface area contributed by atoms with Gasteiger partial charge in [0.05, 0.1) is 5.69 Å². The molecular weight excluding hydrogens is 208 g/mol. The predicted molar refractivity (Wildman–Crippen MR) is 52.9 cm³/mol. The van der Waals surface area contributed by atoms with E-state index in [1.165, 1.54) is 13.1 Å². The van der Waals surface area contributed by atoms with E-state index in [4.69, 9.17) is 0 Å². The maximum Gasteiger partial charge on any atom is 0.241 e. The average Bonchev–Trinajstić information content (AvgIpc) is 2.17. The molecule has 0 aromatic carbocycles. The summed E-state index contributed by atoms with van der Waals surface area (Å²) in [4.78, 5) is 13.6. The first kappa shape index (κ1) is 12.8. The SMILES string of the molecule is CC(C(O)c1ccccn1)[N+](=O)[O-].Cl. The molecule has 5 nitrogen and oxygen atoms in total. The number of hydrogen-bond donors (Lipinski definition) is 1. The van der Waals surface area contributed by atoms with E-state index >= 15 is 0 Å². The van der Waals surface area contributed by atoms with Gasteiger partial charge in [0.1, 0.15) is 0 Å². The highest BCUT2D eigenvalue weighted by Crippen LogP contribution is 2.15. The normalized spacial score (nSPS) is 13.9. The van der Waals surface area contributed by atoms with Crippen molar-refractivity contribution in [1.29, 1.82) is 0 Å². The lowest BCUT2D eigenvalue weighted by Crippen LogP contribution is -2.24. The van der Waals surface area contributed by atoms with Crippen molar-refractivity contribution >= 4 is 12.4 Å². The zero-order valence-electron chi connectivity index (χ0n) is 7.53. The van der Waals surface area contributed by atoms with Crippen LogP contribution in [0.25, 0.3) is 0 Å². The van der Waals surface area contributed by atoms with Gasteiger partial charge in [0.25, 0.3) is 0 Å². The number of aliphatic hydroxyl groups is 1. The topological polar surface area (TPSA) is 76.3 Å². The van der Waals surface area contributed by atoms with Crippen LogP contribution in [0.2, 0.25) is 0 Å². The summed E-state index contributed by atoms with van der Waals surface area (Å²) >= 11 is 0. The van der Waals surface area contributed by atoms with Gasteiger partial charge >= 0.3 is 0 Å². The van der Waals surface area contributed by atoms with Crippen molar-refractivity contribution in [3.8, 4) is 0 Å². The van der Waals surface area contributed by atoms with Gasteiger partial charge in [0.15, 0.2) is 6.10 Å². The second-order valence-electron chi connectivity index (χ2n) is 2.73. The minimum atomic E-state index is -1.14. The van der Waals surface area contributed by atoms with Gasteiger partial charge in [-0.25, -0.2) is 0 Å². The van der Waals surface area contributed by atoms with E-state index in [1.54, 1.807) is 18.2 Å². The number of aromatic nitrogens is 1. The standard InChI is InChI=1S/C8H10N2O3.ClH/c1-6(10(12)13)8(11)7-4-2-3-5-9-7;/h2-6,8,11H,1H3;1H. The maximum absolute atomic E-state index is 10.3. The Labute approximate surface area is 87.3 Å². The Morgan fingerprint density at radius 2 is 2.21 bits per heavy atom. The Balaban J connectivity index is 0.00000169. The molecule has 0 bridgehead atoms. The lowest BCUT2D eigenvalue weighted by molar-refractivity contribution is -0.531. The third-order valence-electron chi connectivity index (χ3n) is 1.78. The summed E-state index contributed by atoms with van der Waals surface area (Å²) in [5.41, 5.74) is 0.326. The quantitative estimate of drug-likeness (QED) is 0.611. The number of nitro groups is 1. The molecule has 0 aliphatic carbocycles. The fraction of sp³-hybridized carbons (Fsp3) is 0.375. The van der Waals surface area contributed by atoms with Crippen molar-refractivity contribution in [2.24, 2.45) is 0 Å². The molecule has 2 unspecified atom stereocenters. The van der Waals surface area contributed by atoms with Crippen LogP contribution in [0.5, 0.6) is 0 Å². The minimum Gasteiger partial charge on any atom is -0.380 e. The molecule has 14 heavy (non-hydrogen) atoms. The van der Waals surface area contributed by atoms with Crippen LogP contribution in [-0.4, -0.2) is 21.1 Å². The Morgan fingerprint density at radius 3 is 2.64 bits per heavy atom. The zero-order valence-corrected chi connectivity index (χ0v) is 8.35. The summed E-state index contributed by atoms with van der Waals surface area (Å²) in [6.07, 6.45) is 0.349. The summed E-state index contributed by atoms with van der Waals surface area (Å²) in [5, 5.41) is 19.8. The second-order valence-corrected chi connectivity index (χ2v) is 2.73. The molecule has 1 N–H and O–H groups in total. The van der Waals surface area contributed by atoms with Crippen molar-refractivity contribution < 1.29 is 10.0 Å². The summed E-state index contributed by atoms with van der Waals surface area (Å²) in [6.45, 7) is 1.35. The molecule has 1 heterocycles. The monoisotopic (exact) mass is 218 g/mol. The Morgan fingerprint density at radius 1 is 1.57 bits per heavy atom. The van der Waals surface area contributed by atoms with Gasteiger partial charge in [-0.3, -0.25) is 15.1 Å². The van der Waals surface area contributed by atoms with Crippen molar-refractivity contribution in [3.05, 3.63) is 40.2 Å². The Hall–Kier alpha value is -1.20. The number of halogens is 1. The van der Waals surface area contributed by atoms with Gasteiger partial charge in [0.2, 0.25) is 6.04 Å². The average molecular weight is 219 g/mol. The first-order valence-corrected chi connectivity index (χ1v) is 3.85. The zero-order chi connectivity index (χ0) is 9.84. The molecule has 0 saturated carbocycles. The lowest BCUT2D eigenvalue weighted by atomic mass is 10.1. The molecule has 0 fully saturated rings. The molecule has 0 aliphatic heterocycles. The third-order valence-corrected chi connectivity index (χ3v) is 1.78. The molecular formula is C8H11ClN2O3. The number of nitrogens with zero attached hydrogens (tertiary/aromatic N) is 2. The van der Waals surface area contributed by atoms with Crippen LogP contribution in [-0.2, 0) is 0 Å². The van der Waals surface area contributed by atoms with Crippen LogP contribution in [0, 0.1) is 10.1 Å². The fourth-order valence-electron chi connectivity index (χ4n) is 0.913. The van der Waals surface area contributed by atoms with Gasteiger partial charge < -0.3 is 5.11 Å². The van der Waals surface area contributed by atoms with E-state index in [2.05, 4.69) is 4.98 Å². The molecule has 0 spiro atoms. The minimum absolute atomic E-state index is 0. The first-order chi connectivity index (χ1) is 6.13. The van der Waals surface area contributed by atoms with Crippen LogP contribution in [0.15, 0.2) is 24.4 Å².